The molecule has 1 amide bonds. The van der Waals surface area contributed by atoms with Gasteiger partial charge in [0, 0.05) is 5.56 Å². The highest BCUT2D eigenvalue weighted by Gasteiger charge is 2.39. The van der Waals surface area contributed by atoms with Crippen LogP contribution in [0.3, 0.4) is 0 Å². The van der Waals surface area contributed by atoms with Crippen molar-refractivity contribution in [3.63, 3.8) is 0 Å². The molecule has 0 radical (unpaired) electrons. The average Bonchev–Trinajstić information content (AvgIpc) is 3.33. The smallest absolute Gasteiger partial charge is 0.261 e. The van der Waals surface area contributed by atoms with E-state index in [1.54, 1.807) is 12.0 Å². The zero-order valence-corrected chi connectivity index (χ0v) is 18.1. The van der Waals surface area contributed by atoms with E-state index >= 15 is 0 Å². The minimum atomic E-state index is -0.174. The average molecular weight is 425 g/mol. The highest BCUT2D eigenvalue weighted by Crippen LogP contribution is 2.42. The van der Waals surface area contributed by atoms with E-state index in [-0.39, 0.29) is 18.0 Å². The Morgan fingerprint density at radius 3 is 2.25 bits per heavy atom. The zero-order valence-electron chi connectivity index (χ0n) is 18.1. The van der Waals surface area contributed by atoms with Gasteiger partial charge >= 0.3 is 0 Å². The van der Waals surface area contributed by atoms with E-state index in [1.807, 2.05) is 47.1 Å². The molecular weight excluding hydrogens is 400 g/mol. The first-order valence-corrected chi connectivity index (χ1v) is 10.6. The van der Waals surface area contributed by atoms with Crippen molar-refractivity contribution in [2.24, 2.45) is 0 Å². The van der Waals surface area contributed by atoms with Crippen LogP contribution >= 0.6 is 0 Å². The first kappa shape index (κ1) is 20.0. The molecule has 32 heavy (non-hydrogen) atoms. The number of rotatable bonds is 4. The number of benzene rings is 3. The van der Waals surface area contributed by atoms with Gasteiger partial charge in [-0.2, -0.15) is 10.1 Å². The zero-order chi connectivity index (χ0) is 22.1. The Kier molecular flexibility index (Phi) is 5.19. The molecule has 0 unspecified atom stereocenters. The standard InChI is InChI=1S/C26H24N4O2/c1-18-8-10-19(11-9-18)23-16-24(20-12-14-22(32-2)15-13-20)30-26(27-17-28-30)29(23)25(31)21-6-4-3-5-7-21/h3-15,17,23-24H,16H2,1-2H3/t23-,24+/m0/s1. The molecule has 6 nitrogen and oxygen atoms in total. The highest BCUT2D eigenvalue weighted by molar-refractivity contribution is 6.05. The predicted molar refractivity (Wildman–Crippen MR) is 123 cm³/mol. The molecule has 4 aromatic rings. The molecule has 160 valence electrons. The molecule has 1 aliphatic heterocycles. The fourth-order valence-corrected chi connectivity index (χ4v) is 4.32. The van der Waals surface area contributed by atoms with Crippen molar-refractivity contribution in [2.45, 2.75) is 25.4 Å². The summed E-state index contributed by atoms with van der Waals surface area (Å²) in [7, 11) is 1.66. The number of methoxy groups -OCH3 is 1. The minimum absolute atomic E-state index is 0.0514. The third kappa shape index (κ3) is 3.54. The summed E-state index contributed by atoms with van der Waals surface area (Å²) in [4.78, 5) is 20.0. The molecule has 1 aliphatic rings. The number of aryl methyl sites for hydroxylation is 1. The number of amides is 1. The maximum atomic E-state index is 13.7. The van der Waals surface area contributed by atoms with Crippen LogP contribution in [0.5, 0.6) is 5.75 Å². The van der Waals surface area contributed by atoms with Crippen LogP contribution in [0.25, 0.3) is 0 Å². The van der Waals surface area contributed by atoms with Crippen molar-refractivity contribution in [3.8, 4) is 5.75 Å². The van der Waals surface area contributed by atoms with Gasteiger partial charge in [0.1, 0.15) is 12.1 Å². The second-order valence-corrected chi connectivity index (χ2v) is 8.00. The predicted octanol–water partition coefficient (Wildman–Crippen LogP) is 4.98. The summed E-state index contributed by atoms with van der Waals surface area (Å²) in [6, 6.07) is 25.5. The molecule has 6 heteroatoms. The quantitative estimate of drug-likeness (QED) is 0.464. The van der Waals surface area contributed by atoms with Gasteiger partial charge in [-0.3, -0.25) is 9.69 Å². The number of anilines is 1. The van der Waals surface area contributed by atoms with Gasteiger partial charge in [0.2, 0.25) is 5.95 Å². The number of nitrogens with zero attached hydrogens (tertiary/aromatic N) is 4. The van der Waals surface area contributed by atoms with Crippen molar-refractivity contribution < 1.29 is 9.53 Å². The largest absolute Gasteiger partial charge is 0.497 e. The Bertz CT molecular complexity index is 1220. The summed E-state index contributed by atoms with van der Waals surface area (Å²) >= 11 is 0. The van der Waals surface area contributed by atoms with Crippen LogP contribution in [-0.2, 0) is 0 Å². The van der Waals surface area contributed by atoms with Crippen LogP contribution in [-0.4, -0.2) is 27.8 Å². The second-order valence-electron chi connectivity index (χ2n) is 8.00. The highest BCUT2D eigenvalue weighted by atomic mass is 16.5. The van der Waals surface area contributed by atoms with Gasteiger partial charge in [0.05, 0.1) is 19.2 Å². The second kappa shape index (κ2) is 8.30. The number of hydrogen-bond acceptors (Lipinski definition) is 4. The molecular formula is C26H24N4O2. The molecule has 2 atom stereocenters. The lowest BCUT2D eigenvalue weighted by Gasteiger charge is -2.39. The number of carbonyl (C=O) groups is 1. The first-order valence-electron chi connectivity index (χ1n) is 10.6. The molecule has 0 saturated heterocycles. The van der Waals surface area contributed by atoms with Gasteiger partial charge in [-0.05, 0) is 48.7 Å². The molecule has 0 aliphatic carbocycles. The van der Waals surface area contributed by atoms with Gasteiger partial charge in [-0.25, -0.2) is 4.68 Å². The number of aromatic nitrogens is 3. The van der Waals surface area contributed by atoms with E-state index in [0.29, 0.717) is 17.9 Å². The summed E-state index contributed by atoms with van der Waals surface area (Å²) in [5.74, 6) is 1.27. The fraction of sp³-hybridized carbons (Fsp3) is 0.192. The van der Waals surface area contributed by atoms with Crippen LogP contribution in [0, 0.1) is 6.92 Å². The minimum Gasteiger partial charge on any atom is -0.497 e. The van der Waals surface area contributed by atoms with Crippen molar-refractivity contribution in [1.82, 2.24) is 14.8 Å². The topological polar surface area (TPSA) is 60.2 Å². The van der Waals surface area contributed by atoms with Gasteiger partial charge in [0.25, 0.3) is 5.91 Å². The van der Waals surface area contributed by atoms with Crippen LogP contribution in [0.1, 0.15) is 45.6 Å². The SMILES string of the molecule is COc1ccc([C@H]2C[C@@H](c3ccc(C)cc3)N(C(=O)c3ccccc3)c3ncnn32)cc1. The van der Waals surface area contributed by atoms with Crippen LogP contribution in [0.2, 0.25) is 0 Å². The third-order valence-corrected chi connectivity index (χ3v) is 6.03. The van der Waals surface area contributed by atoms with Crippen LogP contribution < -0.4 is 9.64 Å². The Labute approximate surface area is 187 Å². The summed E-state index contributed by atoms with van der Waals surface area (Å²) < 4.78 is 7.18. The Morgan fingerprint density at radius 2 is 1.56 bits per heavy atom. The van der Waals surface area contributed by atoms with Crippen LogP contribution in [0.4, 0.5) is 5.95 Å². The van der Waals surface area contributed by atoms with Crippen LogP contribution in [0.15, 0.2) is 85.2 Å². The molecule has 0 saturated carbocycles. The monoisotopic (exact) mass is 424 g/mol. The first-order chi connectivity index (χ1) is 15.7. The van der Waals surface area contributed by atoms with E-state index in [2.05, 4.69) is 53.4 Å². The molecule has 0 N–H and O–H groups in total. The van der Waals surface area contributed by atoms with Crippen molar-refractivity contribution in [1.29, 1.82) is 0 Å². The lowest BCUT2D eigenvalue weighted by molar-refractivity contribution is 0.0963. The van der Waals surface area contributed by atoms with Crippen molar-refractivity contribution >= 4 is 11.9 Å². The lowest BCUT2D eigenvalue weighted by atomic mass is 9.91. The Balaban J connectivity index is 1.63. The Hall–Kier alpha value is -3.93. The maximum absolute atomic E-state index is 13.7. The van der Waals surface area contributed by atoms with E-state index in [4.69, 9.17) is 4.74 Å². The molecule has 5 rings (SSSR count). The Morgan fingerprint density at radius 1 is 0.906 bits per heavy atom. The summed E-state index contributed by atoms with van der Waals surface area (Å²) in [5, 5.41) is 4.51. The molecule has 3 aromatic carbocycles. The van der Waals surface area contributed by atoms with Gasteiger partial charge in [-0.15, -0.1) is 0 Å². The number of ether oxygens (including phenoxy) is 1. The fourth-order valence-electron chi connectivity index (χ4n) is 4.32. The molecule has 2 heterocycles. The summed E-state index contributed by atoms with van der Waals surface area (Å²) in [6.45, 7) is 2.06. The molecule has 0 fully saturated rings. The summed E-state index contributed by atoms with van der Waals surface area (Å²) in [6.07, 6.45) is 2.21. The van der Waals surface area contributed by atoms with E-state index in [0.717, 1.165) is 16.9 Å². The van der Waals surface area contributed by atoms with Crippen molar-refractivity contribution in [3.05, 3.63) is 107 Å². The van der Waals surface area contributed by atoms with Gasteiger partial charge in [0.15, 0.2) is 0 Å². The maximum Gasteiger partial charge on any atom is 0.261 e. The summed E-state index contributed by atoms with van der Waals surface area (Å²) in [5.41, 5.74) is 3.98. The van der Waals surface area contributed by atoms with E-state index in [9.17, 15) is 4.79 Å². The molecule has 1 aromatic heterocycles. The molecule has 0 bridgehead atoms. The number of fused-ring (bicyclic) bond motifs is 1. The van der Waals surface area contributed by atoms with Gasteiger partial charge in [-0.1, -0.05) is 60.2 Å². The number of carbonyl (C=O) groups excluding carboxylic acids is 1. The number of hydrogen-bond donors (Lipinski definition) is 0. The van der Waals surface area contributed by atoms with E-state index in [1.165, 1.54) is 11.9 Å². The van der Waals surface area contributed by atoms with Gasteiger partial charge < -0.3 is 4.74 Å². The van der Waals surface area contributed by atoms with E-state index < -0.39 is 0 Å². The lowest BCUT2D eigenvalue weighted by Crippen LogP contribution is -2.42. The van der Waals surface area contributed by atoms with Crippen molar-refractivity contribution in [2.75, 3.05) is 12.0 Å². The molecule has 0 spiro atoms. The normalized spacial score (nSPS) is 17.6. The third-order valence-electron chi connectivity index (χ3n) is 6.03.